The zero-order valence-corrected chi connectivity index (χ0v) is 16.8. The van der Waals surface area contributed by atoms with Crippen LogP contribution in [0.15, 0.2) is 54.6 Å². The Morgan fingerprint density at radius 2 is 1.75 bits per heavy atom. The van der Waals surface area contributed by atoms with Crippen molar-refractivity contribution in [3.05, 3.63) is 54.6 Å². The number of fused-ring (bicyclic) bond motifs is 1. The Hall–Kier alpha value is -3.44. The van der Waals surface area contributed by atoms with Gasteiger partial charge in [-0.3, -0.25) is 14.7 Å². The third-order valence-corrected chi connectivity index (χ3v) is 4.50. The molecule has 1 aliphatic rings. The van der Waals surface area contributed by atoms with Gasteiger partial charge < -0.3 is 15.2 Å². The smallest absolute Gasteiger partial charge is 0.475 e. The van der Waals surface area contributed by atoms with Crippen molar-refractivity contribution in [2.24, 2.45) is 0 Å². The van der Waals surface area contributed by atoms with Crippen molar-refractivity contribution in [3.8, 4) is 5.69 Å². The summed E-state index contributed by atoms with van der Waals surface area (Å²) in [6.07, 6.45) is -4.53. The monoisotopic (exact) mass is 450 g/mol. The molecule has 1 fully saturated rings. The van der Waals surface area contributed by atoms with E-state index in [9.17, 15) is 18.0 Å². The van der Waals surface area contributed by atoms with Crippen molar-refractivity contribution in [2.75, 3.05) is 25.0 Å². The number of rotatable bonds is 6. The summed E-state index contributed by atoms with van der Waals surface area (Å²) in [5.74, 6) is -2.32. The summed E-state index contributed by atoms with van der Waals surface area (Å²) >= 11 is 0. The number of halogens is 3. The highest BCUT2D eigenvalue weighted by atomic mass is 19.4. The standard InChI is InChI=1S/C19H20N4O2.C2HF3O2/c24-18(10-11-25-15-12-20-13-15)22-19-21-16-8-4-5-9-17(16)23(19)14-6-2-1-3-7-14;3-2(4,5)1(6)7/h1-9,15,20H,10-13H2,(H,21,22,24);(H,6,7). The molecular formula is C21H21F3N4O4. The third-order valence-electron chi connectivity index (χ3n) is 4.50. The molecule has 1 aliphatic heterocycles. The highest BCUT2D eigenvalue weighted by Crippen LogP contribution is 2.24. The lowest BCUT2D eigenvalue weighted by Gasteiger charge is -2.26. The lowest BCUT2D eigenvalue weighted by Crippen LogP contribution is -2.48. The minimum absolute atomic E-state index is 0.0974. The van der Waals surface area contributed by atoms with E-state index in [-0.39, 0.29) is 12.0 Å². The maximum absolute atomic E-state index is 12.3. The second kappa shape index (κ2) is 10.2. The molecule has 32 heavy (non-hydrogen) atoms. The first-order valence-electron chi connectivity index (χ1n) is 9.71. The van der Waals surface area contributed by atoms with Crippen LogP contribution in [0.1, 0.15) is 6.42 Å². The second-order valence-electron chi connectivity index (χ2n) is 6.85. The molecule has 3 aromatic rings. The van der Waals surface area contributed by atoms with Gasteiger partial charge in [-0.15, -0.1) is 0 Å². The number of hydrogen-bond acceptors (Lipinski definition) is 5. The molecule has 1 aromatic heterocycles. The van der Waals surface area contributed by atoms with Crippen LogP contribution < -0.4 is 10.6 Å². The fraction of sp³-hybridized carbons (Fsp3) is 0.286. The molecule has 8 nitrogen and oxygen atoms in total. The van der Waals surface area contributed by atoms with Gasteiger partial charge in [-0.2, -0.15) is 13.2 Å². The number of anilines is 1. The van der Waals surface area contributed by atoms with Gasteiger partial charge in [0.1, 0.15) is 0 Å². The number of nitrogens with one attached hydrogen (secondary N) is 2. The summed E-state index contributed by atoms with van der Waals surface area (Å²) in [5.41, 5.74) is 2.77. The molecule has 2 aromatic carbocycles. The maximum atomic E-state index is 12.3. The van der Waals surface area contributed by atoms with Gasteiger partial charge in [0.05, 0.1) is 30.2 Å². The Labute approximate surface area is 181 Å². The van der Waals surface area contributed by atoms with E-state index in [1.54, 1.807) is 0 Å². The number of alkyl halides is 3. The van der Waals surface area contributed by atoms with E-state index in [2.05, 4.69) is 15.6 Å². The topological polar surface area (TPSA) is 105 Å². The highest BCUT2D eigenvalue weighted by Gasteiger charge is 2.38. The molecule has 2 heterocycles. The molecule has 1 saturated heterocycles. The van der Waals surface area contributed by atoms with Crippen LogP contribution in [0, 0.1) is 0 Å². The van der Waals surface area contributed by atoms with E-state index in [1.807, 2.05) is 59.2 Å². The number of carboxylic acids is 1. The molecule has 0 radical (unpaired) electrons. The molecule has 0 unspecified atom stereocenters. The highest BCUT2D eigenvalue weighted by molar-refractivity contribution is 5.92. The first-order valence-corrected chi connectivity index (χ1v) is 9.71. The van der Waals surface area contributed by atoms with Crippen molar-refractivity contribution in [3.63, 3.8) is 0 Å². The van der Waals surface area contributed by atoms with Crippen LogP contribution in [0.4, 0.5) is 19.1 Å². The maximum Gasteiger partial charge on any atom is 0.490 e. The molecule has 11 heteroatoms. The fourth-order valence-electron chi connectivity index (χ4n) is 2.83. The lowest BCUT2D eigenvalue weighted by atomic mass is 10.2. The third kappa shape index (κ3) is 6.05. The van der Waals surface area contributed by atoms with Crippen LogP contribution in [0.5, 0.6) is 0 Å². The van der Waals surface area contributed by atoms with Gasteiger partial charge in [0.15, 0.2) is 0 Å². The van der Waals surface area contributed by atoms with Gasteiger partial charge in [-0.05, 0) is 24.3 Å². The number of benzene rings is 2. The van der Waals surface area contributed by atoms with Crippen LogP contribution in [0.2, 0.25) is 0 Å². The Morgan fingerprint density at radius 3 is 2.34 bits per heavy atom. The predicted octanol–water partition coefficient (Wildman–Crippen LogP) is 2.98. The van der Waals surface area contributed by atoms with Crippen molar-refractivity contribution in [2.45, 2.75) is 18.7 Å². The zero-order valence-electron chi connectivity index (χ0n) is 16.8. The normalized spacial score (nSPS) is 13.7. The van der Waals surface area contributed by atoms with E-state index >= 15 is 0 Å². The number of amides is 1. The van der Waals surface area contributed by atoms with E-state index in [0.717, 1.165) is 29.8 Å². The molecular weight excluding hydrogens is 429 g/mol. The number of ether oxygens (including phenoxy) is 1. The number of hydrogen-bond donors (Lipinski definition) is 3. The average molecular weight is 450 g/mol. The molecule has 0 atom stereocenters. The van der Waals surface area contributed by atoms with Gasteiger partial charge in [0.2, 0.25) is 11.9 Å². The van der Waals surface area contributed by atoms with Gasteiger partial charge >= 0.3 is 12.1 Å². The number of carbonyl (C=O) groups excluding carboxylic acids is 1. The van der Waals surface area contributed by atoms with E-state index in [1.165, 1.54) is 0 Å². The minimum Gasteiger partial charge on any atom is -0.475 e. The molecule has 0 bridgehead atoms. The molecule has 4 rings (SSSR count). The number of aromatic nitrogens is 2. The lowest BCUT2D eigenvalue weighted by molar-refractivity contribution is -0.192. The van der Waals surface area contributed by atoms with E-state index in [0.29, 0.717) is 19.0 Å². The summed E-state index contributed by atoms with van der Waals surface area (Å²) in [6.45, 7) is 2.15. The molecule has 3 N–H and O–H groups in total. The summed E-state index contributed by atoms with van der Waals surface area (Å²) in [6, 6.07) is 17.7. The number of para-hydroxylation sites is 3. The Bertz CT molecular complexity index is 1070. The number of carbonyl (C=O) groups is 2. The van der Waals surface area contributed by atoms with Gasteiger partial charge in [0, 0.05) is 18.8 Å². The number of aliphatic carboxylic acids is 1. The molecule has 0 saturated carbocycles. The van der Waals surface area contributed by atoms with Crippen LogP contribution >= 0.6 is 0 Å². The molecule has 170 valence electrons. The largest absolute Gasteiger partial charge is 0.490 e. The molecule has 1 amide bonds. The Morgan fingerprint density at radius 1 is 1.12 bits per heavy atom. The average Bonchev–Trinajstić information content (AvgIpc) is 3.08. The van der Waals surface area contributed by atoms with E-state index in [4.69, 9.17) is 14.6 Å². The summed E-state index contributed by atoms with van der Waals surface area (Å²) in [5, 5.41) is 13.2. The summed E-state index contributed by atoms with van der Waals surface area (Å²) in [4.78, 5) is 25.8. The van der Waals surface area contributed by atoms with Crippen molar-refractivity contribution in [1.82, 2.24) is 14.9 Å². The van der Waals surface area contributed by atoms with Crippen molar-refractivity contribution >= 4 is 28.9 Å². The number of imidazole rings is 1. The summed E-state index contributed by atoms with van der Waals surface area (Å²) < 4.78 is 39.3. The first kappa shape index (κ1) is 23.2. The van der Waals surface area contributed by atoms with Crippen molar-refractivity contribution < 1.29 is 32.6 Å². The molecule has 0 aliphatic carbocycles. The van der Waals surface area contributed by atoms with Crippen LogP contribution in [0.25, 0.3) is 16.7 Å². The fourth-order valence-corrected chi connectivity index (χ4v) is 2.83. The van der Waals surface area contributed by atoms with E-state index < -0.39 is 12.1 Å². The van der Waals surface area contributed by atoms with Gasteiger partial charge in [-0.25, -0.2) is 9.78 Å². The van der Waals surface area contributed by atoms with Gasteiger partial charge in [0.25, 0.3) is 0 Å². The Kier molecular flexibility index (Phi) is 7.44. The minimum atomic E-state index is -5.08. The quantitative estimate of drug-likeness (QED) is 0.533. The van der Waals surface area contributed by atoms with Crippen LogP contribution in [-0.2, 0) is 14.3 Å². The second-order valence-corrected chi connectivity index (χ2v) is 6.85. The number of nitrogens with zero attached hydrogens (tertiary/aromatic N) is 2. The number of carboxylic acid groups (broad SMARTS) is 1. The predicted molar refractivity (Wildman–Crippen MR) is 111 cm³/mol. The SMILES string of the molecule is O=C(CCOC1CNC1)Nc1nc2ccccc2n1-c1ccccc1.O=C(O)C(F)(F)F. The van der Waals surface area contributed by atoms with Crippen molar-refractivity contribution in [1.29, 1.82) is 0 Å². The van der Waals surface area contributed by atoms with Gasteiger partial charge in [-0.1, -0.05) is 30.3 Å². The first-order chi connectivity index (χ1) is 15.3. The zero-order chi connectivity index (χ0) is 23.1. The molecule has 0 spiro atoms. The Balaban J connectivity index is 0.000000360. The summed E-state index contributed by atoms with van der Waals surface area (Å²) in [7, 11) is 0. The van der Waals surface area contributed by atoms with Crippen LogP contribution in [-0.4, -0.2) is 58.5 Å². The van der Waals surface area contributed by atoms with Crippen LogP contribution in [0.3, 0.4) is 0 Å².